The van der Waals surface area contributed by atoms with Gasteiger partial charge in [-0.3, -0.25) is 9.69 Å². The van der Waals surface area contributed by atoms with E-state index in [1.54, 1.807) is 11.3 Å². The molecule has 130 valence electrons. The zero-order valence-electron chi connectivity index (χ0n) is 15.0. The molecule has 1 aromatic carbocycles. The van der Waals surface area contributed by atoms with Gasteiger partial charge in [-0.05, 0) is 46.9 Å². The molecular weight excluding hydrogens is 320 g/mol. The Hall–Kier alpha value is -1.92. The molecule has 5 nitrogen and oxygen atoms in total. The third kappa shape index (κ3) is 6.29. The van der Waals surface area contributed by atoms with Crippen molar-refractivity contribution in [2.24, 2.45) is 0 Å². The Kier molecular flexibility index (Phi) is 5.96. The largest absolute Gasteiger partial charge is 0.350 e. The number of anilines is 2. The highest BCUT2D eigenvalue weighted by atomic mass is 32.1. The number of thiazole rings is 1. The molecule has 0 unspecified atom stereocenters. The number of aryl methyl sites for hydroxylation is 1. The van der Waals surface area contributed by atoms with Crippen molar-refractivity contribution in [3.8, 4) is 0 Å². The minimum Gasteiger partial charge on any atom is -0.350 e. The Morgan fingerprint density at radius 3 is 2.54 bits per heavy atom. The van der Waals surface area contributed by atoms with Gasteiger partial charge in [0, 0.05) is 23.2 Å². The van der Waals surface area contributed by atoms with Crippen molar-refractivity contribution in [3.63, 3.8) is 0 Å². The first-order valence-electron chi connectivity index (χ1n) is 7.99. The first-order valence-corrected chi connectivity index (χ1v) is 8.87. The standard InChI is InChI=1S/C18H26N4OS/c1-13-6-8-14(9-7-13)19-17-20-15(12-24-17)10-22(5)11-16(23)21-18(2,3)4/h6-9,12H,10-11H2,1-5H3,(H,19,20)(H,21,23). The fraction of sp³-hybridized carbons (Fsp3) is 0.444. The SMILES string of the molecule is Cc1ccc(Nc2nc(CN(C)CC(=O)NC(C)(C)C)cs2)cc1. The fourth-order valence-electron chi connectivity index (χ4n) is 2.23. The molecule has 0 spiro atoms. The van der Waals surface area contributed by atoms with Crippen LogP contribution in [0.2, 0.25) is 0 Å². The van der Waals surface area contributed by atoms with Crippen LogP contribution in [-0.2, 0) is 11.3 Å². The van der Waals surface area contributed by atoms with Crippen molar-refractivity contribution in [1.82, 2.24) is 15.2 Å². The topological polar surface area (TPSA) is 57.3 Å². The molecule has 0 fully saturated rings. The predicted molar refractivity (Wildman–Crippen MR) is 101 cm³/mol. The molecule has 2 N–H and O–H groups in total. The van der Waals surface area contributed by atoms with E-state index in [9.17, 15) is 4.79 Å². The van der Waals surface area contributed by atoms with E-state index < -0.39 is 0 Å². The van der Waals surface area contributed by atoms with Gasteiger partial charge in [0.05, 0.1) is 12.2 Å². The minimum atomic E-state index is -0.205. The zero-order valence-corrected chi connectivity index (χ0v) is 15.8. The molecule has 1 amide bonds. The number of hydrogen-bond donors (Lipinski definition) is 2. The summed E-state index contributed by atoms with van der Waals surface area (Å²) in [7, 11) is 1.93. The Labute approximate surface area is 148 Å². The summed E-state index contributed by atoms with van der Waals surface area (Å²) in [6.45, 7) is 9.01. The van der Waals surface area contributed by atoms with Crippen LogP contribution in [0.5, 0.6) is 0 Å². The maximum absolute atomic E-state index is 12.0. The van der Waals surface area contributed by atoms with E-state index >= 15 is 0 Å². The number of amides is 1. The number of carbonyl (C=O) groups excluding carboxylic acids is 1. The van der Waals surface area contributed by atoms with Crippen LogP contribution in [0.25, 0.3) is 0 Å². The van der Waals surface area contributed by atoms with Crippen molar-refractivity contribution < 1.29 is 4.79 Å². The monoisotopic (exact) mass is 346 g/mol. The van der Waals surface area contributed by atoms with Crippen LogP contribution in [0.3, 0.4) is 0 Å². The lowest BCUT2D eigenvalue weighted by Gasteiger charge is -2.23. The van der Waals surface area contributed by atoms with Crippen molar-refractivity contribution >= 4 is 28.1 Å². The van der Waals surface area contributed by atoms with Gasteiger partial charge in [-0.1, -0.05) is 17.7 Å². The molecule has 0 atom stereocenters. The molecule has 24 heavy (non-hydrogen) atoms. The van der Waals surface area contributed by atoms with Crippen molar-refractivity contribution in [2.75, 3.05) is 18.9 Å². The van der Waals surface area contributed by atoms with Gasteiger partial charge < -0.3 is 10.6 Å². The van der Waals surface area contributed by atoms with E-state index in [-0.39, 0.29) is 11.4 Å². The summed E-state index contributed by atoms with van der Waals surface area (Å²) in [5, 5.41) is 9.16. The average Bonchev–Trinajstić information content (AvgIpc) is 2.86. The molecule has 2 rings (SSSR count). The van der Waals surface area contributed by atoms with Crippen LogP contribution in [-0.4, -0.2) is 34.9 Å². The van der Waals surface area contributed by atoms with Gasteiger partial charge in [0.2, 0.25) is 5.91 Å². The van der Waals surface area contributed by atoms with Crippen molar-refractivity contribution in [3.05, 3.63) is 40.9 Å². The van der Waals surface area contributed by atoms with E-state index in [1.807, 2.05) is 50.2 Å². The molecule has 0 bridgehead atoms. The van der Waals surface area contributed by atoms with Gasteiger partial charge in [-0.2, -0.15) is 0 Å². The van der Waals surface area contributed by atoms with E-state index in [0.717, 1.165) is 16.5 Å². The molecule has 1 aromatic heterocycles. The third-order valence-electron chi connectivity index (χ3n) is 3.21. The van der Waals surface area contributed by atoms with Crippen LogP contribution in [0.1, 0.15) is 32.0 Å². The Morgan fingerprint density at radius 1 is 1.25 bits per heavy atom. The quantitative estimate of drug-likeness (QED) is 0.840. The van der Waals surface area contributed by atoms with E-state index in [4.69, 9.17) is 0 Å². The number of likely N-dealkylation sites (N-methyl/N-ethyl adjacent to an activating group) is 1. The van der Waals surface area contributed by atoms with Gasteiger partial charge in [-0.25, -0.2) is 4.98 Å². The Morgan fingerprint density at radius 2 is 1.92 bits per heavy atom. The molecular formula is C18H26N4OS. The second kappa shape index (κ2) is 7.77. The zero-order chi connectivity index (χ0) is 17.7. The summed E-state index contributed by atoms with van der Waals surface area (Å²) < 4.78 is 0. The number of rotatable bonds is 6. The number of hydrogen-bond acceptors (Lipinski definition) is 5. The smallest absolute Gasteiger partial charge is 0.234 e. The first-order chi connectivity index (χ1) is 11.2. The molecule has 1 heterocycles. The normalized spacial score (nSPS) is 11.6. The lowest BCUT2D eigenvalue weighted by Crippen LogP contribution is -2.45. The molecule has 6 heteroatoms. The second-order valence-electron chi connectivity index (χ2n) is 7.11. The number of nitrogens with zero attached hydrogens (tertiary/aromatic N) is 2. The van der Waals surface area contributed by atoms with Gasteiger partial charge in [-0.15, -0.1) is 11.3 Å². The van der Waals surface area contributed by atoms with Crippen LogP contribution < -0.4 is 10.6 Å². The maximum Gasteiger partial charge on any atom is 0.234 e. The summed E-state index contributed by atoms with van der Waals surface area (Å²) >= 11 is 1.57. The van der Waals surface area contributed by atoms with E-state index in [2.05, 4.69) is 34.7 Å². The van der Waals surface area contributed by atoms with Gasteiger partial charge in [0.1, 0.15) is 0 Å². The Bertz CT molecular complexity index is 673. The fourth-order valence-corrected chi connectivity index (χ4v) is 2.95. The molecule has 0 aliphatic carbocycles. The highest BCUT2D eigenvalue weighted by Crippen LogP contribution is 2.21. The van der Waals surface area contributed by atoms with Crippen molar-refractivity contribution in [1.29, 1.82) is 0 Å². The highest BCUT2D eigenvalue weighted by molar-refractivity contribution is 7.13. The number of aromatic nitrogens is 1. The van der Waals surface area contributed by atoms with E-state index in [1.165, 1.54) is 5.56 Å². The van der Waals surface area contributed by atoms with Crippen LogP contribution in [0, 0.1) is 6.92 Å². The summed E-state index contributed by atoms with van der Waals surface area (Å²) in [6, 6.07) is 8.22. The third-order valence-corrected chi connectivity index (χ3v) is 4.02. The lowest BCUT2D eigenvalue weighted by atomic mass is 10.1. The van der Waals surface area contributed by atoms with Crippen LogP contribution in [0.4, 0.5) is 10.8 Å². The Balaban J connectivity index is 1.86. The molecule has 0 saturated carbocycles. The molecule has 0 radical (unpaired) electrons. The number of benzene rings is 1. The number of nitrogens with one attached hydrogen (secondary N) is 2. The summed E-state index contributed by atoms with van der Waals surface area (Å²) in [6.07, 6.45) is 0. The number of carbonyl (C=O) groups is 1. The molecule has 2 aromatic rings. The molecule has 0 saturated heterocycles. The van der Waals surface area contributed by atoms with Crippen LogP contribution >= 0.6 is 11.3 Å². The van der Waals surface area contributed by atoms with Crippen molar-refractivity contribution in [2.45, 2.75) is 39.8 Å². The summed E-state index contributed by atoms with van der Waals surface area (Å²) in [5.41, 5.74) is 3.01. The maximum atomic E-state index is 12.0. The first kappa shape index (κ1) is 18.4. The second-order valence-corrected chi connectivity index (χ2v) is 7.96. The van der Waals surface area contributed by atoms with Gasteiger partial charge in [0.15, 0.2) is 5.13 Å². The summed E-state index contributed by atoms with van der Waals surface area (Å²) in [4.78, 5) is 18.5. The summed E-state index contributed by atoms with van der Waals surface area (Å²) in [5.74, 6) is 0.0261. The predicted octanol–water partition coefficient (Wildman–Crippen LogP) is 3.54. The van der Waals surface area contributed by atoms with Gasteiger partial charge >= 0.3 is 0 Å². The van der Waals surface area contributed by atoms with E-state index in [0.29, 0.717) is 13.1 Å². The lowest BCUT2D eigenvalue weighted by molar-refractivity contribution is -0.123. The van der Waals surface area contributed by atoms with Crippen LogP contribution in [0.15, 0.2) is 29.6 Å². The molecule has 0 aliphatic heterocycles. The molecule has 0 aliphatic rings. The van der Waals surface area contributed by atoms with Gasteiger partial charge in [0.25, 0.3) is 0 Å². The minimum absolute atomic E-state index is 0.0261. The average molecular weight is 347 g/mol. The highest BCUT2D eigenvalue weighted by Gasteiger charge is 2.15.